The molecule has 0 unspecified atom stereocenters. The van der Waals surface area contributed by atoms with Crippen molar-refractivity contribution in [1.82, 2.24) is 0 Å². The van der Waals surface area contributed by atoms with E-state index in [1.807, 2.05) is 0 Å². The predicted octanol–water partition coefficient (Wildman–Crippen LogP) is 2.32. The highest BCUT2D eigenvalue weighted by Gasteiger charge is 2.24. The Balaban J connectivity index is 3.41. The number of isocyanates is 1. The molecule has 28 heavy (non-hydrogen) atoms. The van der Waals surface area contributed by atoms with E-state index in [1.54, 1.807) is 6.92 Å². The number of carbonyl (C=O) groups is 2. The maximum absolute atomic E-state index is 12.1. The average molecular weight is 411 g/mol. The third kappa shape index (κ3) is 5.83. The molecule has 0 saturated carbocycles. The number of azo groups is 1. The second-order valence-electron chi connectivity index (χ2n) is 5.10. The minimum Gasteiger partial charge on any atom is -0.510 e. The molecule has 1 aromatic carbocycles. The summed E-state index contributed by atoms with van der Waals surface area (Å²) in [5.74, 6) is -2.37. The van der Waals surface area contributed by atoms with E-state index in [9.17, 15) is 27.9 Å². The van der Waals surface area contributed by atoms with Crippen molar-refractivity contribution >= 4 is 33.7 Å². The van der Waals surface area contributed by atoms with E-state index < -0.39 is 43.9 Å². The van der Waals surface area contributed by atoms with Crippen LogP contribution in [-0.4, -0.2) is 45.3 Å². The van der Waals surface area contributed by atoms with Crippen LogP contribution in [0.2, 0.25) is 0 Å². The fourth-order valence-electron chi connectivity index (χ4n) is 1.80. The van der Waals surface area contributed by atoms with Crippen molar-refractivity contribution in [1.29, 1.82) is 0 Å². The number of hydrogen-bond donors (Lipinski definition) is 1. The minimum absolute atomic E-state index is 0.102. The van der Waals surface area contributed by atoms with Gasteiger partial charge < -0.3 is 14.6 Å². The first-order chi connectivity index (χ1) is 13.2. The summed E-state index contributed by atoms with van der Waals surface area (Å²) in [5, 5.41) is 16.8. The predicted molar refractivity (Wildman–Crippen MR) is 94.2 cm³/mol. The third-order valence-corrected chi connectivity index (χ3v) is 4.25. The molecule has 12 heteroatoms. The van der Waals surface area contributed by atoms with Gasteiger partial charge in [0.05, 0.1) is 25.0 Å². The van der Waals surface area contributed by atoms with E-state index in [0.29, 0.717) is 6.42 Å². The summed E-state index contributed by atoms with van der Waals surface area (Å²) in [6.07, 6.45) is 1.44. The van der Waals surface area contributed by atoms with Crippen molar-refractivity contribution in [2.75, 3.05) is 13.7 Å². The third-order valence-electron chi connectivity index (χ3n) is 3.04. The summed E-state index contributed by atoms with van der Waals surface area (Å²) in [7, 11) is -3.52. The van der Waals surface area contributed by atoms with Gasteiger partial charge in [-0.05, 0) is 31.5 Å². The van der Waals surface area contributed by atoms with Crippen LogP contribution in [0.1, 0.15) is 30.6 Å². The number of nitrogens with zero attached hydrogens (tertiary/aromatic N) is 3. The molecule has 0 aliphatic rings. The molecule has 0 amide bonds. The van der Waals surface area contributed by atoms with Gasteiger partial charge in [0.1, 0.15) is 10.7 Å². The zero-order valence-corrected chi connectivity index (χ0v) is 16.0. The first-order valence-electron chi connectivity index (χ1n) is 7.73. The van der Waals surface area contributed by atoms with Gasteiger partial charge in [-0.3, -0.25) is 0 Å². The maximum Gasteiger partial charge on any atom is 0.362 e. The van der Waals surface area contributed by atoms with E-state index in [2.05, 4.69) is 19.4 Å². The molecule has 1 rings (SSSR count). The maximum atomic E-state index is 12.1. The van der Waals surface area contributed by atoms with Crippen molar-refractivity contribution in [2.24, 2.45) is 14.6 Å². The molecule has 1 aromatic rings. The lowest BCUT2D eigenvalue weighted by Gasteiger charge is -2.06. The normalized spacial score (nSPS) is 12.1. The summed E-state index contributed by atoms with van der Waals surface area (Å²) in [4.78, 5) is 33.3. The monoisotopic (exact) mass is 411 g/mol. The zero-order valence-electron chi connectivity index (χ0n) is 15.2. The Kier molecular flexibility index (Phi) is 8.17. The molecular weight excluding hydrogens is 394 g/mol. The summed E-state index contributed by atoms with van der Waals surface area (Å²) in [6, 6.07) is 3.17. The summed E-state index contributed by atoms with van der Waals surface area (Å²) < 4.78 is 36.2. The van der Waals surface area contributed by atoms with Crippen LogP contribution in [0.25, 0.3) is 0 Å². The van der Waals surface area contributed by atoms with Crippen molar-refractivity contribution in [3.05, 3.63) is 35.2 Å². The van der Waals surface area contributed by atoms with Crippen LogP contribution >= 0.6 is 0 Å². The standard InChI is InChI=1S/C16H17N3O8S/c1-4-7-27-16(23)14(10(2)21)19-18-11-5-6-12(15(22)26-3)13(8-11)28(24,25)17-9-20/h5-6,8,21H,4,7H2,1-3H3/b14-10+,19-18?. The highest BCUT2D eigenvalue weighted by molar-refractivity contribution is 7.90. The fourth-order valence-corrected chi connectivity index (χ4v) is 2.69. The number of esters is 2. The molecule has 0 radical (unpaired) electrons. The molecule has 0 aliphatic carbocycles. The van der Waals surface area contributed by atoms with Crippen LogP contribution in [0.15, 0.2) is 49.2 Å². The number of benzene rings is 1. The van der Waals surface area contributed by atoms with Gasteiger partial charge in [0.15, 0.2) is 0 Å². The summed E-state index contributed by atoms with van der Waals surface area (Å²) in [6.45, 7) is 3.07. The fraction of sp³-hybridized carbons (Fsp3) is 0.312. The van der Waals surface area contributed by atoms with E-state index in [0.717, 1.165) is 25.3 Å². The Bertz CT molecular complexity index is 972. The van der Waals surface area contributed by atoms with E-state index in [4.69, 9.17) is 4.74 Å². The summed E-state index contributed by atoms with van der Waals surface area (Å²) >= 11 is 0. The van der Waals surface area contributed by atoms with Gasteiger partial charge in [0.2, 0.25) is 5.70 Å². The lowest BCUT2D eigenvalue weighted by atomic mass is 10.2. The largest absolute Gasteiger partial charge is 0.510 e. The molecule has 150 valence electrons. The molecule has 0 spiro atoms. The molecule has 1 N–H and O–H groups in total. The van der Waals surface area contributed by atoms with Crippen molar-refractivity contribution in [3.8, 4) is 0 Å². The Hall–Kier alpha value is -3.37. The number of aliphatic hydroxyl groups excluding tert-OH is 1. The Morgan fingerprint density at radius 3 is 2.50 bits per heavy atom. The second-order valence-corrected chi connectivity index (χ2v) is 6.67. The number of sulfonamides is 1. The Morgan fingerprint density at radius 2 is 1.96 bits per heavy atom. The smallest absolute Gasteiger partial charge is 0.362 e. The number of carbonyl (C=O) groups excluding carboxylic acids is 3. The van der Waals surface area contributed by atoms with Gasteiger partial charge in [-0.15, -0.1) is 5.11 Å². The molecule has 0 bridgehead atoms. The first-order valence-corrected chi connectivity index (χ1v) is 9.17. The number of hydrogen-bond acceptors (Lipinski definition) is 10. The number of methoxy groups -OCH3 is 1. The molecule has 0 aliphatic heterocycles. The molecule has 0 aromatic heterocycles. The van der Waals surface area contributed by atoms with Crippen LogP contribution in [0.5, 0.6) is 0 Å². The van der Waals surface area contributed by atoms with E-state index in [1.165, 1.54) is 13.0 Å². The van der Waals surface area contributed by atoms with Gasteiger partial charge in [0, 0.05) is 0 Å². The highest BCUT2D eigenvalue weighted by atomic mass is 32.2. The number of rotatable bonds is 8. The summed E-state index contributed by atoms with van der Waals surface area (Å²) in [5.41, 5.74) is -0.993. The van der Waals surface area contributed by atoms with Gasteiger partial charge in [-0.25, -0.2) is 14.4 Å². The number of ether oxygens (including phenoxy) is 2. The van der Waals surface area contributed by atoms with E-state index in [-0.39, 0.29) is 12.3 Å². The van der Waals surface area contributed by atoms with Crippen LogP contribution in [0.3, 0.4) is 0 Å². The van der Waals surface area contributed by atoms with Crippen molar-refractivity contribution in [3.63, 3.8) is 0 Å². The van der Waals surface area contributed by atoms with Crippen LogP contribution in [0, 0.1) is 0 Å². The highest BCUT2D eigenvalue weighted by Crippen LogP contribution is 2.26. The zero-order chi connectivity index (χ0) is 21.3. The molecule has 0 heterocycles. The second kappa shape index (κ2) is 10.1. The lowest BCUT2D eigenvalue weighted by molar-refractivity contribution is -0.139. The van der Waals surface area contributed by atoms with Crippen LogP contribution < -0.4 is 0 Å². The quantitative estimate of drug-likeness (QED) is 0.170. The lowest BCUT2D eigenvalue weighted by Crippen LogP contribution is -2.09. The molecule has 11 nitrogen and oxygen atoms in total. The minimum atomic E-state index is -4.56. The number of aliphatic hydroxyl groups is 1. The van der Waals surface area contributed by atoms with Crippen molar-refractivity contribution < 1.29 is 37.4 Å². The molecule has 0 fully saturated rings. The topological polar surface area (TPSA) is 161 Å². The van der Waals surface area contributed by atoms with Gasteiger partial charge in [-0.2, -0.15) is 13.5 Å². The molecular formula is C16H17N3O8S. The van der Waals surface area contributed by atoms with Crippen LogP contribution in [-0.2, 0) is 29.1 Å². The first kappa shape index (κ1) is 22.7. The molecule has 0 atom stereocenters. The van der Waals surface area contributed by atoms with Gasteiger partial charge in [0.25, 0.3) is 16.1 Å². The molecule has 0 saturated heterocycles. The number of allylic oxidation sites excluding steroid dienone is 1. The van der Waals surface area contributed by atoms with E-state index >= 15 is 0 Å². The Labute approximate surface area is 160 Å². The van der Waals surface area contributed by atoms with Gasteiger partial charge in [-0.1, -0.05) is 11.3 Å². The van der Waals surface area contributed by atoms with Gasteiger partial charge >= 0.3 is 11.9 Å². The van der Waals surface area contributed by atoms with Crippen molar-refractivity contribution in [2.45, 2.75) is 25.2 Å². The SMILES string of the molecule is CCCOC(=O)/C(N=Nc1ccc(C(=O)OC)c(S(=O)(=O)N=C=O)c1)=C(/C)O. The van der Waals surface area contributed by atoms with Crippen LogP contribution in [0.4, 0.5) is 5.69 Å². The average Bonchev–Trinajstić information content (AvgIpc) is 2.65. The Morgan fingerprint density at radius 1 is 1.29 bits per heavy atom.